The van der Waals surface area contributed by atoms with E-state index in [2.05, 4.69) is 21.2 Å². The quantitative estimate of drug-likeness (QED) is 0.881. The average Bonchev–Trinajstić information content (AvgIpc) is 2.42. The molecule has 1 amide bonds. The molecule has 0 aliphatic heterocycles. The van der Waals surface area contributed by atoms with Crippen molar-refractivity contribution in [1.29, 1.82) is 0 Å². The van der Waals surface area contributed by atoms with E-state index in [-0.39, 0.29) is 5.82 Å². The summed E-state index contributed by atoms with van der Waals surface area (Å²) in [6.45, 7) is 0.927. The molecule has 0 radical (unpaired) electrons. The van der Waals surface area contributed by atoms with Crippen LogP contribution in [0.15, 0.2) is 46.9 Å². The SMILES string of the molecule is NC(=O)c1cccc(CNCc2c(F)cccc2Br)c1. The Morgan fingerprint density at radius 2 is 1.95 bits per heavy atom. The predicted octanol–water partition coefficient (Wildman–Crippen LogP) is 2.98. The predicted molar refractivity (Wildman–Crippen MR) is 79.6 cm³/mol. The molecule has 0 saturated carbocycles. The van der Waals surface area contributed by atoms with Gasteiger partial charge in [0.1, 0.15) is 5.82 Å². The Labute approximate surface area is 125 Å². The highest BCUT2D eigenvalue weighted by Gasteiger charge is 2.06. The molecule has 0 bridgehead atoms. The summed E-state index contributed by atoms with van der Waals surface area (Å²) < 4.78 is 14.3. The molecule has 0 saturated heterocycles. The lowest BCUT2D eigenvalue weighted by atomic mass is 10.1. The van der Waals surface area contributed by atoms with Crippen molar-refractivity contribution in [2.24, 2.45) is 5.73 Å². The number of halogens is 2. The van der Waals surface area contributed by atoms with E-state index in [1.165, 1.54) is 6.07 Å². The van der Waals surface area contributed by atoms with Crippen molar-refractivity contribution in [3.05, 3.63) is 69.4 Å². The van der Waals surface area contributed by atoms with Crippen LogP contribution in [0.3, 0.4) is 0 Å². The second-order valence-corrected chi connectivity index (χ2v) is 5.22. The van der Waals surface area contributed by atoms with Crippen molar-refractivity contribution in [3.63, 3.8) is 0 Å². The van der Waals surface area contributed by atoms with Crippen LogP contribution in [-0.2, 0) is 13.1 Å². The lowest BCUT2D eigenvalue weighted by molar-refractivity contribution is 0.1000. The number of carbonyl (C=O) groups is 1. The highest BCUT2D eigenvalue weighted by Crippen LogP contribution is 2.19. The van der Waals surface area contributed by atoms with E-state index < -0.39 is 5.91 Å². The smallest absolute Gasteiger partial charge is 0.248 e. The molecule has 0 aliphatic rings. The first-order valence-corrected chi connectivity index (χ1v) is 6.89. The first-order chi connectivity index (χ1) is 9.58. The van der Waals surface area contributed by atoms with E-state index in [9.17, 15) is 9.18 Å². The lowest BCUT2D eigenvalue weighted by Gasteiger charge is -2.08. The second kappa shape index (κ2) is 6.63. The highest BCUT2D eigenvalue weighted by molar-refractivity contribution is 9.10. The van der Waals surface area contributed by atoms with Crippen molar-refractivity contribution in [1.82, 2.24) is 5.32 Å². The van der Waals surface area contributed by atoms with Crippen molar-refractivity contribution in [3.8, 4) is 0 Å². The fraction of sp³-hybridized carbons (Fsp3) is 0.133. The van der Waals surface area contributed by atoms with Gasteiger partial charge in [-0.25, -0.2) is 4.39 Å². The Balaban J connectivity index is 1.99. The summed E-state index contributed by atoms with van der Waals surface area (Å²) in [4.78, 5) is 11.1. The normalized spacial score (nSPS) is 10.5. The lowest BCUT2D eigenvalue weighted by Crippen LogP contribution is -2.15. The van der Waals surface area contributed by atoms with Gasteiger partial charge in [0.15, 0.2) is 0 Å². The molecule has 3 nitrogen and oxygen atoms in total. The monoisotopic (exact) mass is 336 g/mol. The summed E-state index contributed by atoms with van der Waals surface area (Å²) in [6.07, 6.45) is 0. The van der Waals surface area contributed by atoms with Gasteiger partial charge < -0.3 is 11.1 Å². The Morgan fingerprint density at radius 1 is 1.20 bits per heavy atom. The van der Waals surface area contributed by atoms with E-state index in [0.29, 0.717) is 24.2 Å². The molecule has 2 aromatic carbocycles. The first kappa shape index (κ1) is 14.7. The van der Waals surface area contributed by atoms with Gasteiger partial charge in [0, 0.05) is 28.7 Å². The maximum Gasteiger partial charge on any atom is 0.248 e. The van der Waals surface area contributed by atoms with Gasteiger partial charge in [0.25, 0.3) is 0 Å². The zero-order valence-electron chi connectivity index (χ0n) is 10.7. The van der Waals surface area contributed by atoms with Crippen LogP contribution in [0.4, 0.5) is 4.39 Å². The summed E-state index contributed by atoms with van der Waals surface area (Å²) in [7, 11) is 0. The number of nitrogens with one attached hydrogen (secondary N) is 1. The van der Waals surface area contributed by atoms with Crippen LogP contribution >= 0.6 is 15.9 Å². The molecule has 0 aliphatic carbocycles. The molecule has 0 atom stereocenters. The van der Waals surface area contributed by atoms with Crippen LogP contribution in [-0.4, -0.2) is 5.91 Å². The number of hydrogen-bond acceptors (Lipinski definition) is 2. The molecular weight excluding hydrogens is 323 g/mol. The zero-order valence-corrected chi connectivity index (χ0v) is 12.3. The summed E-state index contributed by atoms with van der Waals surface area (Å²) in [5.41, 5.74) is 7.20. The van der Waals surface area contributed by atoms with Crippen molar-refractivity contribution in [2.45, 2.75) is 13.1 Å². The number of hydrogen-bond donors (Lipinski definition) is 2. The highest BCUT2D eigenvalue weighted by atomic mass is 79.9. The molecule has 0 unspecified atom stereocenters. The topological polar surface area (TPSA) is 55.1 Å². The van der Waals surface area contributed by atoms with Crippen molar-refractivity contribution >= 4 is 21.8 Å². The van der Waals surface area contributed by atoms with Gasteiger partial charge in [-0.15, -0.1) is 0 Å². The number of primary amides is 1. The number of rotatable bonds is 5. The zero-order chi connectivity index (χ0) is 14.5. The summed E-state index contributed by atoms with van der Waals surface area (Å²) >= 11 is 3.32. The third-order valence-electron chi connectivity index (χ3n) is 2.90. The molecule has 20 heavy (non-hydrogen) atoms. The average molecular weight is 337 g/mol. The maximum atomic E-state index is 13.6. The summed E-state index contributed by atoms with van der Waals surface area (Å²) in [6, 6.07) is 11.9. The number of benzene rings is 2. The number of carbonyl (C=O) groups excluding carboxylic acids is 1. The van der Waals surface area contributed by atoms with Gasteiger partial charge in [-0.05, 0) is 29.8 Å². The van der Waals surface area contributed by atoms with Gasteiger partial charge in [-0.1, -0.05) is 34.1 Å². The van der Waals surface area contributed by atoms with Gasteiger partial charge in [-0.2, -0.15) is 0 Å². The Kier molecular flexibility index (Phi) is 4.87. The Bertz CT molecular complexity index is 611. The summed E-state index contributed by atoms with van der Waals surface area (Å²) in [5, 5.41) is 3.14. The van der Waals surface area contributed by atoms with Gasteiger partial charge in [-0.3, -0.25) is 4.79 Å². The molecule has 0 spiro atoms. The minimum atomic E-state index is -0.455. The molecule has 2 rings (SSSR count). The Hall–Kier alpha value is -1.72. The van der Waals surface area contributed by atoms with Crippen LogP contribution in [0.25, 0.3) is 0 Å². The standard InChI is InChI=1S/C15H14BrFN2O/c16-13-5-2-6-14(17)12(13)9-19-8-10-3-1-4-11(7-10)15(18)20/h1-7,19H,8-9H2,(H2,18,20). The van der Waals surface area contributed by atoms with Gasteiger partial charge in [0.05, 0.1) is 0 Å². The fourth-order valence-corrected chi connectivity index (χ4v) is 2.35. The molecule has 3 N–H and O–H groups in total. The summed E-state index contributed by atoms with van der Waals surface area (Å²) in [5.74, 6) is -0.707. The van der Waals surface area contributed by atoms with E-state index in [4.69, 9.17) is 5.73 Å². The molecule has 0 aromatic heterocycles. The number of nitrogens with two attached hydrogens (primary N) is 1. The Morgan fingerprint density at radius 3 is 2.65 bits per heavy atom. The van der Waals surface area contributed by atoms with Crippen molar-refractivity contribution in [2.75, 3.05) is 0 Å². The van der Waals surface area contributed by atoms with E-state index in [1.54, 1.807) is 30.3 Å². The van der Waals surface area contributed by atoms with Crippen LogP contribution in [0.1, 0.15) is 21.5 Å². The molecule has 5 heteroatoms. The van der Waals surface area contributed by atoms with Crippen LogP contribution in [0, 0.1) is 5.82 Å². The largest absolute Gasteiger partial charge is 0.366 e. The van der Waals surface area contributed by atoms with E-state index in [1.807, 2.05) is 6.07 Å². The first-order valence-electron chi connectivity index (χ1n) is 6.10. The van der Waals surface area contributed by atoms with Crippen molar-refractivity contribution < 1.29 is 9.18 Å². The van der Waals surface area contributed by atoms with Crippen LogP contribution in [0.2, 0.25) is 0 Å². The van der Waals surface area contributed by atoms with Gasteiger partial charge >= 0.3 is 0 Å². The molecular formula is C15H14BrFN2O. The minimum absolute atomic E-state index is 0.252. The molecule has 2 aromatic rings. The molecule has 0 fully saturated rings. The second-order valence-electron chi connectivity index (χ2n) is 4.37. The van der Waals surface area contributed by atoms with E-state index in [0.717, 1.165) is 10.0 Å². The fourth-order valence-electron chi connectivity index (χ4n) is 1.87. The maximum absolute atomic E-state index is 13.6. The minimum Gasteiger partial charge on any atom is -0.366 e. The van der Waals surface area contributed by atoms with Crippen LogP contribution in [0.5, 0.6) is 0 Å². The number of amides is 1. The van der Waals surface area contributed by atoms with Crippen LogP contribution < -0.4 is 11.1 Å². The van der Waals surface area contributed by atoms with E-state index >= 15 is 0 Å². The van der Waals surface area contributed by atoms with Gasteiger partial charge in [0.2, 0.25) is 5.91 Å². The molecule has 0 heterocycles. The third-order valence-corrected chi connectivity index (χ3v) is 3.65. The third kappa shape index (κ3) is 3.65. The molecule has 104 valence electrons.